The third kappa shape index (κ3) is 2.66. The minimum absolute atomic E-state index is 0.0844. The van der Waals surface area contributed by atoms with Gasteiger partial charge in [-0.3, -0.25) is 4.79 Å². The number of hydrogen-bond acceptors (Lipinski definition) is 3. The van der Waals surface area contributed by atoms with E-state index in [1.807, 2.05) is 6.92 Å². The number of halogens is 2. The molecule has 0 unspecified atom stereocenters. The van der Waals surface area contributed by atoms with Gasteiger partial charge in [0.25, 0.3) is 5.56 Å². The van der Waals surface area contributed by atoms with E-state index in [0.717, 1.165) is 16.8 Å². The lowest BCUT2D eigenvalue weighted by Crippen LogP contribution is -2.22. The molecule has 0 fully saturated rings. The zero-order valence-corrected chi connectivity index (χ0v) is 12.3. The first kappa shape index (κ1) is 12.5. The molecule has 0 spiro atoms. The van der Waals surface area contributed by atoms with Gasteiger partial charge in [-0.15, -0.1) is 0 Å². The van der Waals surface area contributed by atoms with Gasteiger partial charge >= 0.3 is 0 Å². The minimum atomic E-state index is -0.0844. The molecule has 0 amide bonds. The highest BCUT2D eigenvalue weighted by Crippen LogP contribution is 2.13. The lowest BCUT2D eigenvalue weighted by atomic mass is 10.4. The van der Waals surface area contributed by atoms with Crippen LogP contribution in [0, 0.1) is 0 Å². The van der Waals surface area contributed by atoms with Crippen molar-refractivity contribution in [3.63, 3.8) is 0 Å². The van der Waals surface area contributed by atoms with Crippen molar-refractivity contribution in [3.05, 3.63) is 43.7 Å². The molecule has 5 nitrogen and oxygen atoms in total. The van der Waals surface area contributed by atoms with Crippen molar-refractivity contribution in [3.8, 4) is 0 Å². The van der Waals surface area contributed by atoms with Gasteiger partial charge in [0.05, 0.1) is 11.0 Å². The molecule has 0 saturated heterocycles. The summed E-state index contributed by atoms with van der Waals surface area (Å²) >= 11 is 6.58. The van der Waals surface area contributed by atoms with Crippen molar-refractivity contribution < 1.29 is 0 Å². The van der Waals surface area contributed by atoms with Gasteiger partial charge in [0.15, 0.2) is 0 Å². The lowest BCUT2D eigenvalue weighted by molar-refractivity contribution is 0.584. The maximum Gasteiger partial charge on any atom is 0.265 e. The van der Waals surface area contributed by atoms with Crippen LogP contribution in [0.1, 0.15) is 12.7 Å². The predicted octanol–water partition coefficient (Wildman–Crippen LogP) is 2.03. The molecule has 0 aliphatic heterocycles. The second-order valence-electron chi connectivity index (χ2n) is 3.43. The molecule has 2 heterocycles. The molecule has 90 valence electrons. The van der Waals surface area contributed by atoms with Crippen molar-refractivity contribution in [2.45, 2.75) is 20.0 Å². The molecule has 2 rings (SSSR count). The second-order valence-corrected chi connectivity index (χ2v) is 5.20. The fourth-order valence-electron chi connectivity index (χ4n) is 1.51. The number of aryl methyl sites for hydroxylation is 1. The van der Waals surface area contributed by atoms with E-state index in [1.54, 1.807) is 21.5 Å². The summed E-state index contributed by atoms with van der Waals surface area (Å²) in [6.45, 7) is 3.13. The molecule has 2 aromatic rings. The standard InChI is InChI=1S/C10H10Br2N4O/c1-2-16-9(13-6-14-16)5-15-4-7(11)3-8(12)10(15)17/h3-4,6H,2,5H2,1H3. The number of pyridine rings is 1. The van der Waals surface area contributed by atoms with E-state index in [1.165, 1.54) is 6.33 Å². The molecular formula is C10H10Br2N4O. The first-order chi connectivity index (χ1) is 8.11. The summed E-state index contributed by atoms with van der Waals surface area (Å²) in [5.41, 5.74) is -0.0844. The molecule has 0 atom stereocenters. The van der Waals surface area contributed by atoms with Crippen LogP contribution in [0.2, 0.25) is 0 Å². The van der Waals surface area contributed by atoms with Crippen LogP contribution in [0.4, 0.5) is 0 Å². The van der Waals surface area contributed by atoms with Gasteiger partial charge in [-0.2, -0.15) is 5.10 Å². The normalized spacial score (nSPS) is 10.8. The topological polar surface area (TPSA) is 52.7 Å². The van der Waals surface area contributed by atoms with Gasteiger partial charge in [0, 0.05) is 17.2 Å². The lowest BCUT2D eigenvalue weighted by Gasteiger charge is -2.07. The van der Waals surface area contributed by atoms with Crippen molar-refractivity contribution in [2.24, 2.45) is 0 Å². The molecular weight excluding hydrogens is 352 g/mol. The molecule has 0 saturated carbocycles. The van der Waals surface area contributed by atoms with Crippen molar-refractivity contribution in [2.75, 3.05) is 0 Å². The smallest absolute Gasteiger partial charge is 0.265 e. The van der Waals surface area contributed by atoms with Crippen LogP contribution >= 0.6 is 31.9 Å². The maximum absolute atomic E-state index is 11.9. The summed E-state index contributed by atoms with van der Waals surface area (Å²) in [5.74, 6) is 0.764. The van der Waals surface area contributed by atoms with Crippen LogP contribution in [0.15, 0.2) is 32.3 Å². The largest absolute Gasteiger partial charge is 0.306 e. The fraction of sp³-hybridized carbons (Fsp3) is 0.300. The maximum atomic E-state index is 11.9. The van der Waals surface area contributed by atoms with Crippen molar-refractivity contribution in [1.29, 1.82) is 0 Å². The molecule has 0 aliphatic rings. The van der Waals surface area contributed by atoms with Gasteiger partial charge in [0.1, 0.15) is 12.2 Å². The van der Waals surface area contributed by atoms with Gasteiger partial charge < -0.3 is 4.57 Å². The van der Waals surface area contributed by atoms with Crippen LogP contribution in [-0.2, 0) is 13.1 Å². The van der Waals surface area contributed by atoms with E-state index < -0.39 is 0 Å². The van der Waals surface area contributed by atoms with Gasteiger partial charge in [0.2, 0.25) is 0 Å². The summed E-state index contributed by atoms with van der Waals surface area (Å²) in [4.78, 5) is 16.0. The number of nitrogens with zero attached hydrogens (tertiary/aromatic N) is 4. The fourth-order valence-corrected chi connectivity index (χ4v) is 2.77. The second kappa shape index (κ2) is 5.14. The van der Waals surface area contributed by atoms with Gasteiger partial charge in [-0.05, 0) is 44.8 Å². The molecule has 0 N–H and O–H groups in total. The van der Waals surface area contributed by atoms with Crippen LogP contribution in [-0.4, -0.2) is 19.3 Å². The SMILES string of the molecule is CCn1ncnc1Cn1cc(Br)cc(Br)c1=O. The van der Waals surface area contributed by atoms with Crippen LogP contribution in [0.5, 0.6) is 0 Å². The summed E-state index contributed by atoms with van der Waals surface area (Å²) in [6, 6.07) is 1.73. The van der Waals surface area contributed by atoms with Crippen LogP contribution in [0.25, 0.3) is 0 Å². The minimum Gasteiger partial charge on any atom is -0.306 e. The molecule has 7 heteroatoms. The highest BCUT2D eigenvalue weighted by atomic mass is 79.9. The zero-order valence-electron chi connectivity index (χ0n) is 9.10. The first-order valence-corrected chi connectivity index (χ1v) is 6.62. The number of hydrogen-bond donors (Lipinski definition) is 0. The predicted molar refractivity (Wildman–Crippen MR) is 70.9 cm³/mol. The molecule has 2 aromatic heterocycles. The Kier molecular flexibility index (Phi) is 3.78. The highest BCUT2D eigenvalue weighted by molar-refractivity contribution is 9.11. The Morgan fingerprint density at radius 2 is 2.18 bits per heavy atom. The average Bonchev–Trinajstić information content (AvgIpc) is 2.72. The first-order valence-electron chi connectivity index (χ1n) is 5.04. The van der Waals surface area contributed by atoms with Crippen LogP contribution < -0.4 is 5.56 Å². The summed E-state index contributed by atoms with van der Waals surface area (Å²) < 4.78 is 4.71. The van der Waals surface area contributed by atoms with E-state index in [4.69, 9.17) is 0 Å². The quantitative estimate of drug-likeness (QED) is 0.840. The van der Waals surface area contributed by atoms with E-state index in [0.29, 0.717) is 11.0 Å². The Labute approximate surface area is 115 Å². The van der Waals surface area contributed by atoms with E-state index in [-0.39, 0.29) is 5.56 Å². The Bertz CT molecular complexity index is 590. The average molecular weight is 362 g/mol. The summed E-state index contributed by atoms with van der Waals surface area (Å²) in [7, 11) is 0. The molecule has 0 radical (unpaired) electrons. The third-order valence-corrected chi connectivity index (χ3v) is 3.32. The van der Waals surface area contributed by atoms with Gasteiger partial charge in [-0.1, -0.05) is 0 Å². The van der Waals surface area contributed by atoms with Crippen LogP contribution in [0.3, 0.4) is 0 Å². The Balaban J connectivity index is 2.40. The van der Waals surface area contributed by atoms with E-state index >= 15 is 0 Å². The molecule has 0 bridgehead atoms. The van der Waals surface area contributed by atoms with Gasteiger partial charge in [-0.25, -0.2) is 9.67 Å². The number of rotatable bonds is 3. The molecule has 0 aromatic carbocycles. The van der Waals surface area contributed by atoms with Crippen molar-refractivity contribution >= 4 is 31.9 Å². The Morgan fingerprint density at radius 1 is 1.41 bits per heavy atom. The molecule has 0 aliphatic carbocycles. The summed E-state index contributed by atoms with van der Waals surface area (Å²) in [6.07, 6.45) is 3.23. The molecule has 17 heavy (non-hydrogen) atoms. The Hall–Kier alpha value is -0.950. The third-order valence-electron chi connectivity index (χ3n) is 2.32. The monoisotopic (exact) mass is 360 g/mol. The zero-order chi connectivity index (χ0) is 12.4. The van der Waals surface area contributed by atoms with E-state index in [9.17, 15) is 4.79 Å². The van der Waals surface area contributed by atoms with E-state index in [2.05, 4.69) is 41.9 Å². The van der Waals surface area contributed by atoms with Crippen molar-refractivity contribution in [1.82, 2.24) is 19.3 Å². The Morgan fingerprint density at radius 3 is 2.88 bits per heavy atom. The summed E-state index contributed by atoms with van der Waals surface area (Å²) in [5, 5.41) is 4.07. The highest BCUT2D eigenvalue weighted by Gasteiger charge is 2.07. The number of aromatic nitrogens is 4.